The Morgan fingerprint density at radius 2 is 1.95 bits per heavy atom. The van der Waals surface area contributed by atoms with Gasteiger partial charge in [0.1, 0.15) is 5.60 Å². The van der Waals surface area contributed by atoms with Gasteiger partial charge < -0.3 is 15.4 Å². The molecule has 1 saturated heterocycles. The maximum absolute atomic E-state index is 12.0. The number of carbonyl (C=O) groups excluding carboxylic acids is 1. The van der Waals surface area contributed by atoms with E-state index in [2.05, 4.69) is 0 Å². The quantitative estimate of drug-likeness (QED) is 0.795. The van der Waals surface area contributed by atoms with Gasteiger partial charge in [0.2, 0.25) is 0 Å². The summed E-state index contributed by atoms with van der Waals surface area (Å²) < 4.78 is 5.44. The molecule has 1 aliphatic carbocycles. The highest BCUT2D eigenvalue weighted by Crippen LogP contribution is 2.35. The van der Waals surface area contributed by atoms with Crippen molar-refractivity contribution in [3.63, 3.8) is 0 Å². The van der Waals surface area contributed by atoms with E-state index in [1.165, 1.54) is 19.3 Å². The molecule has 0 unspecified atom stereocenters. The van der Waals surface area contributed by atoms with Crippen molar-refractivity contribution in [2.45, 2.75) is 64.5 Å². The molecule has 0 radical (unpaired) electrons. The molecule has 2 rings (SSSR count). The number of hydrogen-bond donors (Lipinski definition) is 1. The summed E-state index contributed by atoms with van der Waals surface area (Å²) in [6, 6.07) is 0.370. The first-order valence-electron chi connectivity index (χ1n) is 7.58. The molecule has 110 valence electrons. The van der Waals surface area contributed by atoms with E-state index in [0.717, 1.165) is 25.9 Å². The van der Waals surface area contributed by atoms with Crippen LogP contribution in [0.1, 0.15) is 52.9 Å². The lowest BCUT2D eigenvalue weighted by Crippen LogP contribution is -2.37. The van der Waals surface area contributed by atoms with Crippen LogP contribution in [0.15, 0.2) is 0 Å². The number of likely N-dealkylation sites (tertiary alicyclic amines) is 1. The molecular formula is C15H28N2O2. The summed E-state index contributed by atoms with van der Waals surface area (Å²) in [6.07, 6.45) is 5.77. The lowest BCUT2D eigenvalue weighted by Gasteiger charge is -2.31. The number of hydrogen-bond acceptors (Lipinski definition) is 3. The molecule has 1 heterocycles. The zero-order chi connectivity index (χ0) is 14.0. The zero-order valence-corrected chi connectivity index (χ0v) is 12.5. The number of ether oxygens (including phenoxy) is 1. The average Bonchev–Trinajstić information content (AvgIpc) is 2.75. The first-order chi connectivity index (χ1) is 8.85. The molecule has 0 spiro atoms. The molecule has 0 aromatic carbocycles. The fraction of sp³-hybridized carbons (Fsp3) is 0.933. The van der Waals surface area contributed by atoms with Gasteiger partial charge in [-0.05, 0) is 51.9 Å². The first-order valence-corrected chi connectivity index (χ1v) is 7.58. The van der Waals surface area contributed by atoms with Crippen LogP contribution >= 0.6 is 0 Å². The predicted octanol–water partition coefficient (Wildman–Crippen LogP) is 2.76. The van der Waals surface area contributed by atoms with Crippen molar-refractivity contribution >= 4 is 6.09 Å². The summed E-state index contributed by atoms with van der Waals surface area (Å²) in [5.41, 5.74) is 5.66. The number of amides is 1. The third-order valence-electron chi connectivity index (χ3n) is 4.30. The fourth-order valence-electron chi connectivity index (χ4n) is 3.36. The van der Waals surface area contributed by atoms with Crippen molar-refractivity contribution in [1.29, 1.82) is 0 Å². The van der Waals surface area contributed by atoms with Crippen molar-refractivity contribution in [2.75, 3.05) is 13.1 Å². The molecule has 1 aliphatic heterocycles. The minimum Gasteiger partial charge on any atom is -0.444 e. The average molecular weight is 268 g/mol. The third kappa shape index (κ3) is 4.10. The van der Waals surface area contributed by atoms with E-state index in [1.807, 2.05) is 25.7 Å². The van der Waals surface area contributed by atoms with E-state index in [1.54, 1.807) is 0 Å². The normalized spacial score (nSPS) is 32.4. The molecule has 19 heavy (non-hydrogen) atoms. The SMILES string of the molecule is CC(C)(C)OC(=O)N1CC[C@H]([C@@H]2CCC[C@H](N)C2)C1. The van der Waals surface area contributed by atoms with E-state index >= 15 is 0 Å². The van der Waals surface area contributed by atoms with Gasteiger partial charge in [0, 0.05) is 19.1 Å². The van der Waals surface area contributed by atoms with Crippen molar-refractivity contribution in [3.8, 4) is 0 Å². The Balaban J connectivity index is 1.84. The lowest BCUT2D eigenvalue weighted by molar-refractivity contribution is 0.0281. The first kappa shape index (κ1) is 14.6. The van der Waals surface area contributed by atoms with E-state index in [0.29, 0.717) is 17.9 Å². The summed E-state index contributed by atoms with van der Waals surface area (Å²) >= 11 is 0. The molecule has 4 nitrogen and oxygen atoms in total. The van der Waals surface area contributed by atoms with Crippen LogP contribution in [0, 0.1) is 11.8 Å². The van der Waals surface area contributed by atoms with Crippen molar-refractivity contribution in [2.24, 2.45) is 17.6 Å². The molecule has 4 heteroatoms. The molecule has 0 bridgehead atoms. The van der Waals surface area contributed by atoms with E-state index in [4.69, 9.17) is 10.5 Å². The van der Waals surface area contributed by atoms with Crippen LogP contribution in [0.5, 0.6) is 0 Å². The van der Waals surface area contributed by atoms with Gasteiger partial charge in [-0.15, -0.1) is 0 Å². The monoisotopic (exact) mass is 268 g/mol. The van der Waals surface area contributed by atoms with E-state index in [-0.39, 0.29) is 6.09 Å². The van der Waals surface area contributed by atoms with Crippen LogP contribution in [-0.4, -0.2) is 35.7 Å². The van der Waals surface area contributed by atoms with Gasteiger partial charge in [-0.1, -0.05) is 12.8 Å². The summed E-state index contributed by atoms with van der Waals surface area (Å²) in [6.45, 7) is 7.44. The maximum Gasteiger partial charge on any atom is 0.410 e. The molecule has 1 amide bonds. The Kier molecular flexibility index (Phi) is 4.39. The topological polar surface area (TPSA) is 55.6 Å². The van der Waals surface area contributed by atoms with Gasteiger partial charge in [-0.3, -0.25) is 0 Å². The highest BCUT2D eigenvalue weighted by atomic mass is 16.6. The number of nitrogens with zero attached hydrogens (tertiary/aromatic N) is 1. The Morgan fingerprint density at radius 1 is 1.21 bits per heavy atom. The lowest BCUT2D eigenvalue weighted by atomic mass is 9.78. The summed E-state index contributed by atoms with van der Waals surface area (Å²) in [7, 11) is 0. The van der Waals surface area contributed by atoms with Gasteiger partial charge in [-0.2, -0.15) is 0 Å². The molecular weight excluding hydrogens is 240 g/mol. The largest absolute Gasteiger partial charge is 0.444 e. The molecule has 3 atom stereocenters. The standard InChI is InChI=1S/C15H28N2O2/c1-15(2,3)19-14(18)17-8-7-12(10-17)11-5-4-6-13(16)9-11/h11-13H,4-10,16H2,1-3H3/t11-,12+,13+/m1/s1. The van der Waals surface area contributed by atoms with Gasteiger partial charge in [-0.25, -0.2) is 4.79 Å². The Hall–Kier alpha value is -0.770. The molecule has 2 aliphatic rings. The molecule has 1 saturated carbocycles. The van der Waals surface area contributed by atoms with Crippen LogP contribution < -0.4 is 5.73 Å². The Morgan fingerprint density at radius 3 is 2.58 bits per heavy atom. The zero-order valence-electron chi connectivity index (χ0n) is 12.5. The molecule has 0 aromatic heterocycles. The summed E-state index contributed by atoms with van der Waals surface area (Å²) in [5, 5.41) is 0. The Bertz CT molecular complexity index is 325. The molecule has 2 fully saturated rings. The summed E-state index contributed by atoms with van der Waals surface area (Å²) in [5.74, 6) is 1.33. The van der Waals surface area contributed by atoms with Crippen LogP contribution in [0.4, 0.5) is 4.79 Å². The third-order valence-corrected chi connectivity index (χ3v) is 4.30. The maximum atomic E-state index is 12.0. The van der Waals surface area contributed by atoms with Crippen LogP contribution in [0.25, 0.3) is 0 Å². The van der Waals surface area contributed by atoms with Crippen molar-refractivity contribution in [1.82, 2.24) is 4.90 Å². The van der Waals surface area contributed by atoms with Gasteiger partial charge in [0.25, 0.3) is 0 Å². The second-order valence-electron chi connectivity index (χ2n) is 7.16. The van der Waals surface area contributed by atoms with E-state index in [9.17, 15) is 4.79 Å². The van der Waals surface area contributed by atoms with Crippen molar-refractivity contribution < 1.29 is 9.53 Å². The number of carbonyl (C=O) groups is 1. The number of nitrogens with two attached hydrogens (primary N) is 1. The second-order valence-corrected chi connectivity index (χ2v) is 7.16. The van der Waals surface area contributed by atoms with Gasteiger partial charge in [0.15, 0.2) is 0 Å². The summed E-state index contributed by atoms with van der Waals surface area (Å²) in [4.78, 5) is 13.9. The van der Waals surface area contributed by atoms with E-state index < -0.39 is 5.60 Å². The molecule has 2 N–H and O–H groups in total. The van der Waals surface area contributed by atoms with Gasteiger partial charge >= 0.3 is 6.09 Å². The second kappa shape index (κ2) is 5.70. The highest BCUT2D eigenvalue weighted by molar-refractivity contribution is 5.68. The molecule has 0 aromatic rings. The van der Waals surface area contributed by atoms with Crippen LogP contribution in [0.3, 0.4) is 0 Å². The highest BCUT2D eigenvalue weighted by Gasteiger charge is 2.35. The smallest absolute Gasteiger partial charge is 0.410 e. The fourth-order valence-corrected chi connectivity index (χ4v) is 3.36. The Labute approximate surface area is 116 Å². The number of rotatable bonds is 1. The van der Waals surface area contributed by atoms with Gasteiger partial charge in [0.05, 0.1) is 0 Å². The minimum atomic E-state index is -0.400. The minimum absolute atomic E-state index is 0.157. The van der Waals surface area contributed by atoms with Crippen LogP contribution in [0.2, 0.25) is 0 Å². The van der Waals surface area contributed by atoms with Crippen molar-refractivity contribution in [3.05, 3.63) is 0 Å². The predicted molar refractivity (Wildman–Crippen MR) is 75.8 cm³/mol. The van der Waals surface area contributed by atoms with Crippen LogP contribution in [-0.2, 0) is 4.74 Å².